The molecule has 108 valence electrons. The predicted octanol–water partition coefficient (Wildman–Crippen LogP) is 2.62. The van der Waals surface area contributed by atoms with Gasteiger partial charge in [-0.25, -0.2) is 0 Å². The number of hydrogen-bond acceptors (Lipinski definition) is 4. The lowest BCUT2D eigenvalue weighted by molar-refractivity contribution is -0.112. The van der Waals surface area contributed by atoms with Crippen LogP contribution in [-0.2, 0) is 9.63 Å². The lowest BCUT2D eigenvalue weighted by atomic mass is 10.0. The summed E-state index contributed by atoms with van der Waals surface area (Å²) in [6.07, 6.45) is 0. The zero-order valence-corrected chi connectivity index (χ0v) is 11.9. The van der Waals surface area contributed by atoms with E-state index in [-0.39, 0.29) is 5.71 Å². The molecule has 2 N–H and O–H groups in total. The summed E-state index contributed by atoms with van der Waals surface area (Å²) in [5.41, 5.74) is 6.74. The molecule has 0 bridgehead atoms. The minimum atomic E-state index is -0.680. The van der Waals surface area contributed by atoms with E-state index in [4.69, 9.17) is 15.3 Å². The van der Waals surface area contributed by atoms with Gasteiger partial charge in [0.1, 0.15) is 18.6 Å². The van der Waals surface area contributed by atoms with Crippen LogP contribution in [0, 0.1) is 6.92 Å². The number of aryl methyl sites for hydroxylation is 1. The van der Waals surface area contributed by atoms with Gasteiger partial charge in [-0.05, 0) is 30.7 Å². The van der Waals surface area contributed by atoms with E-state index in [1.165, 1.54) is 7.11 Å². The zero-order valence-electron chi connectivity index (χ0n) is 11.9. The number of para-hydroxylation sites is 2. The Morgan fingerprint density at radius 1 is 1.10 bits per heavy atom. The number of rotatable bonds is 5. The van der Waals surface area contributed by atoms with Gasteiger partial charge in [-0.15, -0.1) is 0 Å². The number of hydrogen-bond donors (Lipinski definition) is 1. The number of carbonyl (C=O) groups is 1. The smallest absolute Gasteiger partial charge is 0.271 e. The molecular weight excluding hydrogens is 268 g/mol. The van der Waals surface area contributed by atoms with E-state index in [1.807, 2.05) is 43.3 Å². The fourth-order valence-electron chi connectivity index (χ4n) is 1.90. The molecule has 0 saturated heterocycles. The Hall–Kier alpha value is -2.82. The van der Waals surface area contributed by atoms with Crippen molar-refractivity contribution < 1.29 is 14.4 Å². The molecule has 5 heteroatoms. The Bertz CT molecular complexity index is 666. The second-order valence-electron chi connectivity index (χ2n) is 4.35. The molecule has 0 radical (unpaired) electrons. The topological polar surface area (TPSA) is 73.9 Å². The van der Waals surface area contributed by atoms with Crippen molar-refractivity contribution >= 4 is 11.6 Å². The van der Waals surface area contributed by atoms with Crippen LogP contribution in [0.1, 0.15) is 11.1 Å². The molecule has 2 aromatic carbocycles. The molecule has 2 rings (SSSR count). The van der Waals surface area contributed by atoms with Crippen molar-refractivity contribution in [2.24, 2.45) is 10.9 Å². The summed E-state index contributed by atoms with van der Waals surface area (Å²) in [5, 5.41) is 3.70. The first-order valence-corrected chi connectivity index (χ1v) is 6.37. The Kier molecular flexibility index (Phi) is 4.56. The number of nitrogens with two attached hydrogens (primary N) is 1. The molecule has 0 aliphatic carbocycles. The van der Waals surface area contributed by atoms with Gasteiger partial charge in [0, 0.05) is 0 Å². The molecule has 0 unspecified atom stereocenters. The first kappa shape index (κ1) is 14.6. The number of amides is 1. The van der Waals surface area contributed by atoms with Crippen molar-refractivity contribution in [1.29, 1.82) is 0 Å². The Balaban J connectivity index is 2.50. The Morgan fingerprint density at radius 3 is 2.43 bits per heavy atom. The maximum Gasteiger partial charge on any atom is 0.271 e. The van der Waals surface area contributed by atoms with Gasteiger partial charge in [0.05, 0.1) is 5.56 Å². The fourth-order valence-corrected chi connectivity index (χ4v) is 1.90. The van der Waals surface area contributed by atoms with E-state index < -0.39 is 5.91 Å². The molecule has 1 amide bonds. The maximum absolute atomic E-state index is 11.6. The van der Waals surface area contributed by atoms with E-state index in [0.29, 0.717) is 17.1 Å². The van der Waals surface area contributed by atoms with Gasteiger partial charge in [-0.3, -0.25) is 4.79 Å². The zero-order chi connectivity index (χ0) is 15.2. The highest BCUT2D eigenvalue weighted by Gasteiger charge is 2.18. The third-order valence-corrected chi connectivity index (χ3v) is 2.85. The van der Waals surface area contributed by atoms with E-state index in [1.54, 1.807) is 12.1 Å². The molecule has 0 aromatic heterocycles. The van der Waals surface area contributed by atoms with E-state index >= 15 is 0 Å². The van der Waals surface area contributed by atoms with Crippen molar-refractivity contribution in [1.82, 2.24) is 0 Å². The van der Waals surface area contributed by atoms with Crippen molar-refractivity contribution in [3.8, 4) is 11.5 Å². The monoisotopic (exact) mass is 284 g/mol. The van der Waals surface area contributed by atoms with Crippen LogP contribution in [0.5, 0.6) is 11.5 Å². The Labute approximate surface area is 123 Å². The van der Waals surface area contributed by atoms with E-state index in [9.17, 15) is 4.79 Å². The number of ether oxygens (including phenoxy) is 1. The van der Waals surface area contributed by atoms with Gasteiger partial charge in [-0.1, -0.05) is 35.5 Å². The van der Waals surface area contributed by atoms with Crippen molar-refractivity contribution in [3.63, 3.8) is 0 Å². The predicted molar refractivity (Wildman–Crippen MR) is 80.4 cm³/mol. The quantitative estimate of drug-likeness (QED) is 0.677. The number of carbonyl (C=O) groups excluding carboxylic acids is 1. The fraction of sp³-hybridized carbons (Fsp3) is 0.125. The first-order chi connectivity index (χ1) is 10.1. The van der Waals surface area contributed by atoms with Crippen molar-refractivity contribution in [3.05, 3.63) is 59.7 Å². The van der Waals surface area contributed by atoms with Crippen LogP contribution in [0.4, 0.5) is 0 Å². The summed E-state index contributed by atoms with van der Waals surface area (Å²) in [7, 11) is 1.36. The van der Waals surface area contributed by atoms with Crippen LogP contribution in [0.3, 0.4) is 0 Å². The van der Waals surface area contributed by atoms with Crippen LogP contribution in [0.2, 0.25) is 0 Å². The van der Waals surface area contributed by atoms with Crippen LogP contribution < -0.4 is 10.5 Å². The van der Waals surface area contributed by atoms with Crippen LogP contribution >= 0.6 is 0 Å². The molecule has 0 atom stereocenters. The lowest BCUT2D eigenvalue weighted by Crippen LogP contribution is -2.25. The second-order valence-corrected chi connectivity index (χ2v) is 4.35. The number of primary amides is 1. The summed E-state index contributed by atoms with van der Waals surface area (Å²) < 4.78 is 5.87. The van der Waals surface area contributed by atoms with Gasteiger partial charge in [0.25, 0.3) is 5.91 Å². The van der Waals surface area contributed by atoms with Gasteiger partial charge in [-0.2, -0.15) is 0 Å². The average molecular weight is 284 g/mol. The molecule has 0 aliphatic heterocycles. The number of nitrogens with zero attached hydrogens (tertiary/aromatic N) is 1. The standard InChI is InChI=1S/C16H16N2O3/c1-11-7-6-10-13(14(16(17)19)18-20-2)15(11)21-12-8-4-3-5-9-12/h3-10H,1-2H3,(H2,17,19)/b18-14+. The van der Waals surface area contributed by atoms with Crippen LogP contribution in [-0.4, -0.2) is 18.7 Å². The average Bonchev–Trinajstić information content (AvgIpc) is 2.48. The minimum Gasteiger partial charge on any atom is -0.456 e. The molecule has 0 saturated carbocycles. The molecule has 0 aliphatic rings. The van der Waals surface area contributed by atoms with Gasteiger partial charge in [0.15, 0.2) is 5.71 Å². The van der Waals surface area contributed by atoms with Crippen LogP contribution in [0.15, 0.2) is 53.7 Å². The molecule has 0 spiro atoms. The first-order valence-electron chi connectivity index (χ1n) is 6.37. The number of benzene rings is 2. The van der Waals surface area contributed by atoms with Crippen molar-refractivity contribution in [2.75, 3.05) is 7.11 Å². The molecule has 0 heterocycles. The third kappa shape index (κ3) is 3.39. The highest BCUT2D eigenvalue weighted by Crippen LogP contribution is 2.29. The van der Waals surface area contributed by atoms with Crippen LogP contribution in [0.25, 0.3) is 0 Å². The highest BCUT2D eigenvalue weighted by atomic mass is 16.6. The highest BCUT2D eigenvalue weighted by molar-refractivity contribution is 6.45. The SMILES string of the molecule is CO/N=C(/C(N)=O)c1cccc(C)c1Oc1ccccc1. The number of oxime groups is 1. The summed E-state index contributed by atoms with van der Waals surface area (Å²) in [6.45, 7) is 1.88. The van der Waals surface area contributed by atoms with E-state index in [2.05, 4.69) is 5.16 Å². The minimum absolute atomic E-state index is 0.0205. The third-order valence-electron chi connectivity index (χ3n) is 2.85. The van der Waals surface area contributed by atoms with Crippen molar-refractivity contribution in [2.45, 2.75) is 6.92 Å². The summed E-state index contributed by atoms with van der Waals surface area (Å²) in [5.74, 6) is 0.507. The molecular formula is C16H16N2O3. The normalized spacial score (nSPS) is 11.0. The molecule has 2 aromatic rings. The molecule has 0 fully saturated rings. The molecule has 21 heavy (non-hydrogen) atoms. The van der Waals surface area contributed by atoms with Gasteiger partial charge < -0.3 is 15.3 Å². The maximum atomic E-state index is 11.6. The van der Waals surface area contributed by atoms with E-state index in [0.717, 1.165) is 5.56 Å². The second kappa shape index (κ2) is 6.56. The summed E-state index contributed by atoms with van der Waals surface area (Å²) >= 11 is 0. The Morgan fingerprint density at radius 2 is 1.81 bits per heavy atom. The van der Waals surface area contributed by atoms with Gasteiger partial charge in [0.2, 0.25) is 0 Å². The summed E-state index contributed by atoms with van der Waals surface area (Å²) in [6, 6.07) is 14.7. The largest absolute Gasteiger partial charge is 0.456 e. The summed E-state index contributed by atoms with van der Waals surface area (Å²) in [4.78, 5) is 16.3. The molecule has 5 nitrogen and oxygen atoms in total. The lowest BCUT2D eigenvalue weighted by Gasteiger charge is -2.13. The van der Waals surface area contributed by atoms with Gasteiger partial charge >= 0.3 is 0 Å².